The van der Waals surface area contributed by atoms with Gasteiger partial charge in [0.15, 0.2) is 0 Å². The number of ketones is 1. The molecule has 0 aromatic heterocycles. The lowest BCUT2D eigenvalue weighted by Gasteiger charge is -2.02. The van der Waals surface area contributed by atoms with Crippen molar-refractivity contribution < 1.29 is 4.79 Å². The SMILES string of the molecule is O=C(CBr)Cc1ccc(Br)cc1Cl. The van der Waals surface area contributed by atoms with E-state index in [1.165, 1.54) is 0 Å². The summed E-state index contributed by atoms with van der Waals surface area (Å²) in [5, 5.41) is 1.00. The number of hydrogen-bond donors (Lipinski definition) is 0. The van der Waals surface area contributed by atoms with Crippen molar-refractivity contribution in [2.75, 3.05) is 5.33 Å². The van der Waals surface area contributed by atoms with E-state index in [0.717, 1.165) is 10.0 Å². The van der Waals surface area contributed by atoms with E-state index in [-0.39, 0.29) is 5.78 Å². The van der Waals surface area contributed by atoms with E-state index in [0.29, 0.717) is 16.8 Å². The van der Waals surface area contributed by atoms with Crippen LogP contribution in [0.4, 0.5) is 0 Å². The third-order valence-electron chi connectivity index (χ3n) is 1.55. The average molecular weight is 326 g/mol. The molecule has 0 aliphatic rings. The van der Waals surface area contributed by atoms with E-state index in [1.807, 2.05) is 12.1 Å². The standard InChI is InChI=1S/C9H7Br2ClO/c10-5-8(13)3-6-1-2-7(11)4-9(6)12/h1-2,4H,3,5H2. The van der Waals surface area contributed by atoms with E-state index in [9.17, 15) is 4.79 Å². The van der Waals surface area contributed by atoms with Crippen LogP contribution in [0.15, 0.2) is 22.7 Å². The van der Waals surface area contributed by atoms with Gasteiger partial charge in [0.1, 0.15) is 5.78 Å². The zero-order chi connectivity index (χ0) is 9.84. The first kappa shape index (κ1) is 11.2. The summed E-state index contributed by atoms with van der Waals surface area (Å²) in [5.41, 5.74) is 0.870. The summed E-state index contributed by atoms with van der Waals surface area (Å²) < 4.78 is 0.924. The molecule has 1 aromatic rings. The van der Waals surface area contributed by atoms with Crippen molar-refractivity contribution in [3.8, 4) is 0 Å². The quantitative estimate of drug-likeness (QED) is 0.776. The molecule has 0 radical (unpaired) electrons. The van der Waals surface area contributed by atoms with Gasteiger partial charge in [-0.05, 0) is 17.7 Å². The fourth-order valence-corrected chi connectivity index (χ4v) is 1.86. The summed E-state index contributed by atoms with van der Waals surface area (Å²) in [5.74, 6) is 0.129. The summed E-state index contributed by atoms with van der Waals surface area (Å²) >= 11 is 12.3. The van der Waals surface area contributed by atoms with Gasteiger partial charge in [0.05, 0.1) is 5.33 Å². The van der Waals surface area contributed by atoms with Crippen molar-refractivity contribution in [2.45, 2.75) is 6.42 Å². The Morgan fingerprint density at radius 3 is 2.69 bits per heavy atom. The molecule has 0 saturated carbocycles. The predicted molar refractivity (Wildman–Crippen MR) is 61.7 cm³/mol. The molecule has 0 atom stereocenters. The Kier molecular flexibility index (Phi) is 4.42. The molecule has 0 spiro atoms. The molecule has 4 heteroatoms. The Hall–Kier alpha value is 0.140. The lowest BCUT2D eigenvalue weighted by molar-refractivity contribution is -0.115. The highest BCUT2D eigenvalue weighted by molar-refractivity contribution is 9.10. The van der Waals surface area contributed by atoms with Crippen LogP contribution in [0.1, 0.15) is 5.56 Å². The van der Waals surface area contributed by atoms with E-state index >= 15 is 0 Å². The largest absolute Gasteiger partial charge is 0.298 e. The van der Waals surface area contributed by atoms with Crippen molar-refractivity contribution in [1.29, 1.82) is 0 Å². The maximum atomic E-state index is 11.1. The highest BCUT2D eigenvalue weighted by Crippen LogP contribution is 2.21. The molecule has 0 N–H and O–H groups in total. The first-order valence-corrected chi connectivity index (χ1v) is 5.94. The Labute approximate surface area is 98.7 Å². The molecule has 13 heavy (non-hydrogen) atoms. The smallest absolute Gasteiger partial charge is 0.147 e. The molecule has 0 saturated heterocycles. The first-order chi connectivity index (χ1) is 6.13. The average Bonchev–Trinajstić information content (AvgIpc) is 2.09. The minimum Gasteiger partial charge on any atom is -0.298 e. The fraction of sp³-hybridized carbons (Fsp3) is 0.222. The third-order valence-corrected chi connectivity index (χ3v) is 3.02. The summed E-state index contributed by atoms with van der Waals surface area (Å²) in [7, 11) is 0. The van der Waals surface area contributed by atoms with Crippen LogP contribution >= 0.6 is 43.5 Å². The van der Waals surface area contributed by atoms with Crippen LogP contribution in [-0.4, -0.2) is 11.1 Å². The second kappa shape index (κ2) is 5.13. The molecule has 0 heterocycles. The van der Waals surface area contributed by atoms with Crippen LogP contribution < -0.4 is 0 Å². The number of carbonyl (C=O) groups excluding carboxylic acids is 1. The molecular weight excluding hydrogens is 319 g/mol. The number of rotatable bonds is 3. The van der Waals surface area contributed by atoms with Crippen LogP contribution in [-0.2, 0) is 11.2 Å². The van der Waals surface area contributed by atoms with E-state index in [4.69, 9.17) is 11.6 Å². The van der Waals surface area contributed by atoms with Gasteiger partial charge in [-0.3, -0.25) is 4.79 Å². The topological polar surface area (TPSA) is 17.1 Å². The van der Waals surface area contributed by atoms with E-state index in [2.05, 4.69) is 31.9 Å². The van der Waals surface area contributed by atoms with Gasteiger partial charge in [-0.15, -0.1) is 0 Å². The summed E-state index contributed by atoms with van der Waals surface area (Å²) in [6, 6.07) is 5.52. The maximum absolute atomic E-state index is 11.1. The molecule has 0 fully saturated rings. The summed E-state index contributed by atoms with van der Waals surface area (Å²) in [6.45, 7) is 0. The molecule has 1 rings (SSSR count). The van der Waals surface area contributed by atoms with Gasteiger partial charge in [0.2, 0.25) is 0 Å². The van der Waals surface area contributed by atoms with Crippen LogP contribution in [0, 0.1) is 0 Å². The predicted octanol–water partition coefficient (Wildman–Crippen LogP) is 3.61. The molecule has 70 valence electrons. The Bertz CT molecular complexity index is 325. The van der Waals surface area contributed by atoms with Crippen LogP contribution in [0.3, 0.4) is 0 Å². The molecular formula is C9H7Br2ClO. The normalized spacial score (nSPS) is 10.1. The molecule has 1 aromatic carbocycles. The van der Waals surface area contributed by atoms with Gasteiger partial charge in [-0.1, -0.05) is 49.5 Å². The van der Waals surface area contributed by atoms with Gasteiger partial charge in [-0.2, -0.15) is 0 Å². The zero-order valence-electron chi connectivity index (χ0n) is 6.69. The molecule has 0 unspecified atom stereocenters. The van der Waals surface area contributed by atoms with Gasteiger partial charge in [-0.25, -0.2) is 0 Å². The lowest BCUT2D eigenvalue weighted by atomic mass is 10.1. The monoisotopic (exact) mass is 324 g/mol. The zero-order valence-corrected chi connectivity index (χ0v) is 10.6. The van der Waals surface area contributed by atoms with Gasteiger partial charge in [0, 0.05) is 15.9 Å². The molecule has 0 amide bonds. The van der Waals surface area contributed by atoms with Crippen LogP contribution in [0.2, 0.25) is 5.02 Å². The van der Waals surface area contributed by atoms with Crippen LogP contribution in [0.25, 0.3) is 0 Å². The van der Waals surface area contributed by atoms with Crippen molar-refractivity contribution in [2.24, 2.45) is 0 Å². The number of carbonyl (C=O) groups is 1. The number of Topliss-reactive ketones (excluding diaryl/α,β-unsaturated/α-hetero) is 1. The van der Waals surface area contributed by atoms with Crippen LogP contribution in [0.5, 0.6) is 0 Å². The number of benzene rings is 1. The molecule has 0 aliphatic carbocycles. The number of alkyl halides is 1. The molecule has 0 aliphatic heterocycles. The van der Waals surface area contributed by atoms with Gasteiger partial charge in [0.25, 0.3) is 0 Å². The molecule has 1 nitrogen and oxygen atoms in total. The van der Waals surface area contributed by atoms with Gasteiger partial charge >= 0.3 is 0 Å². The summed E-state index contributed by atoms with van der Waals surface area (Å²) in [6.07, 6.45) is 0.386. The maximum Gasteiger partial charge on any atom is 0.147 e. The second-order valence-electron chi connectivity index (χ2n) is 2.58. The van der Waals surface area contributed by atoms with E-state index in [1.54, 1.807) is 6.07 Å². The first-order valence-electron chi connectivity index (χ1n) is 3.65. The lowest BCUT2D eigenvalue weighted by Crippen LogP contribution is -2.03. The van der Waals surface area contributed by atoms with Crippen molar-refractivity contribution >= 4 is 49.2 Å². The third kappa shape index (κ3) is 3.41. The van der Waals surface area contributed by atoms with Gasteiger partial charge < -0.3 is 0 Å². The van der Waals surface area contributed by atoms with E-state index < -0.39 is 0 Å². The second-order valence-corrected chi connectivity index (χ2v) is 4.47. The Morgan fingerprint density at radius 2 is 2.15 bits per heavy atom. The minimum absolute atomic E-state index is 0.129. The van der Waals surface area contributed by atoms with Crippen molar-refractivity contribution in [3.63, 3.8) is 0 Å². The number of hydrogen-bond acceptors (Lipinski definition) is 1. The highest BCUT2D eigenvalue weighted by Gasteiger charge is 2.05. The van der Waals surface area contributed by atoms with Crippen molar-refractivity contribution in [1.82, 2.24) is 0 Å². The molecule has 0 bridgehead atoms. The minimum atomic E-state index is 0.129. The van der Waals surface area contributed by atoms with Crippen molar-refractivity contribution in [3.05, 3.63) is 33.3 Å². The fourth-order valence-electron chi connectivity index (χ4n) is 0.925. The Balaban J connectivity index is 2.83. The number of halogens is 3. The highest BCUT2D eigenvalue weighted by atomic mass is 79.9. The Morgan fingerprint density at radius 1 is 1.46 bits per heavy atom. The summed E-state index contributed by atoms with van der Waals surface area (Å²) in [4.78, 5) is 11.1.